The highest BCUT2D eigenvalue weighted by Gasteiger charge is 2.11. The highest BCUT2D eigenvalue weighted by Crippen LogP contribution is 2.37. The maximum Gasteiger partial charge on any atom is 0.183 e. The van der Waals surface area contributed by atoms with E-state index in [0.29, 0.717) is 11.6 Å². The van der Waals surface area contributed by atoms with Crippen molar-refractivity contribution in [3.63, 3.8) is 0 Å². The van der Waals surface area contributed by atoms with Crippen molar-refractivity contribution in [2.24, 2.45) is 0 Å². The molecule has 1 N–H and O–H groups in total. The third kappa shape index (κ3) is 1.87. The lowest BCUT2D eigenvalue weighted by atomic mass is 10.3. The number of aromatic nitrogens is 1. The molecular weight excluding hydrogens is 232 g/mol. The zero-order valence-corrected chi connectivity index (χ0v) is 10.1. The number of hydrogen-bond donors (Lipinski definition) is 1. The molecule has 0 spiro atoms. The van der Waals surface area contributed by atoms with Crippen LogP contribution in [0.15, 0.2) is 12.1 Å². The van der Waals surface area contributed by atoms with Crippen molar-refractivity contribution in [2.45, 2.75) is 6.92 Å². The Labute approximate surface area is 97.0 Å². The van der Waals surface area contributed by atoms with Crippen LogP contribution < -0.4 is 10.1 Å². The van der Waals surface area contributed by atoms with E-state index in [0.717, 1.165) is 21.1 Å². The molecule has 1 aromatic heterocycles. The summed E-state index contributed by atoms with van der Waals surface area (Å²) in [6.07, 6.45) is 0. The first kappa shape index (κ1) is 10.5. The van der Waals surface area contributed by atoms with Gasteiger partial charge in [0.1, 0.15) is 11.3 Å². The van der Waals surface area contributed by atoms with Crippen LogP contribution >= 0.6 is 22.9 Å². The van der Waals surface area contributed by atoms with E-state index in [4.69, 9.17) is 16.3 Å². The number of anilines is 1. The standard InChI is InChI=1S/C10H11ClN2OS/c1-3-14-7-5-4-6(11)9-8(7)13-10(12-2)15-9/h4-5H,3H2,1-2H3,(H,12,13). The maximum atomic E-state index is 6.09. The summed E-state index contributed by atoms with van der Waals surface area (Å²) >= 11 is 7.62. The van der Waals surface area contributed by atoms with E-state index < -0.39 is 0 Å². The first-order chi connectivity index (χ1) is 7.26. The molecule has 0 amide bonds. The fourth-order valence-electron chi connectivity index (χ4n) is 1.33. The Bertz CT molecular complexity index is 483. The van der Waals surface area contributed by atoms with Gasteiger partial charge in [0.15, 0.2) is 5.13 Å². The monoisotopic (exact) mass is 242 g/mol. The number of halogens is 1. The number of rotatable bonds is 3. The lowest BCUT2D eigenvalue weighted by molar-refractivity contribution is 0.344. The van der Waals surface area contributed by atoms with Gasteiger partial charge < -0.3 is 10.1 Å². The van der Waals surface area contributed by atoms with Gasteiger partial charge in [-0.25, -0.2) is 4.98 Å². The minimum Gasteiger partial charge on any atom is -0.492 e. The van der Waals surface area contributed by atoms with E-state index >= 15 is 0 Å². The summed E-state index contributed by atoms with van der Waals surface area (Å²) in [4.78, 5) is 4.41. The number of nitrogens with zero attached hydrogens (tertiary/aromatic N) is 1. The van der Waals surface area contributed by atoms with Crippen LogP contribution in [0.25, 0.3) is 10.2 Å². The SMILES string of the molecule is CCOc1ccc(Cl)c2sc(NC)nc12. The van der Waals surface area contributed by atoms with Crippen LogP contribution in [-0.2, 0) is 0 Å². The lowest BCUT2D eigenvalue weighted by Gasteiger charge is -2.03. The van der Waals surface area contributed by atoms with Gasteiger partial charge >= 0.3 is 0 Å². The molecule has 2 rings (SSSR count). The molecule has 0 saturated carbocycles. The van der Waals surface area contributed by atoms with Gasteiger partial charge in [0.05, 0.1) is 16.3 Å². The third-order valence-electron chi connectivity index (χ3n) is 1.97. The highest BCUT2D eigenvalue weighted by atomic mass is 35.5. The average molecular weight is 243 g/mol. The second-order valence-electron chi connectivity index (χ2n) is 2.93. The first-order valence-electron chi connectivity index (χ1n) is 4.66. The smallest absolute Gasteiger partial charge is 0.183 e. The molecule has 0 aliphatic carbocycles. The van der Waals surface area contributed by atoms with Gasteiger partial charge in [0, 0.05) is 7.05 Å². The molecule has 0 atom stereocenters. The summed E-state index contributed by atoms with van der Waals surface area (Å²) in [6.45, 7) is 2.58. The minimum atomic E-state index is 0.628. The predicted molar refractivity (Wildman–Crippen MR) is 65.3 cm³/mol. The Morgan fingerprint density at radius 1 is 1.53 bits per heavy atom. The van der Waals surface area contributed by atoms with E-state index in [1.54, 1.807) is 0 Å². The summed E-state index contributed by atoms with van der Waals surface area (Å²) in [5.41, 5.74) is 0.832. The Balaban J connectivity index is 2.63. The molecule has 0 unspecified atom stereocenters. The lowest BCUT2D eigenvalue weighted by Crippen LogP contribution is -1.92. The van der Waals surface area contributed by atoms with Crippen molar-refractivity contribution in [3.8, 4) is 5.75 Å². The first-order valence-corrected chi connectivity index (χ1v) is 5.85. The number of ether oxygens (including phenoxy) is 1. The minimum absolute atomic E-state index is 0.628. The van der Waals surface area contributed by atoms with Crippen molar-refractivity contribution in [2.75, 3.05) is 19.0 Å². The summed E-state index contributed by atoms with van der Waals surface area (Å²) in [5.74, 6) is 0.787. The van der Waals surface area contributed by atoms with Crippen LogP contribution in [0.1, 0.15) is 6.92 Å². The highest BCUT2D eigenvalue weighted by molar-refractivity contribution is 7.22. The number of hydrogen-bond acceptors (Lipinski definition) is 4. The van der Waals surface area contributed by atoms with Crippen LogP contribution in [0.4, 0.5) is 5.13 Å². The van der Waals surface area contributed by atoms with Crippen molar-refractivity contribution in [1.82, 2.24) is 4.98 Å². The van der Waals surface area contributed by atoms with Gasteiger partial charge in [-0.15, -0.1) is 0 Å². The molecule has 1 aromatic carbocycles. The van der Waals surface area contributed by atoms with E-state index in [1.165, 1.54) is 11.3 Å². The van der Waals surface area contributed by atoms with Gasteiger partial charge in [-0.2, -0.15) is 0 Å². The molecule has 0 radical (unpaired) electrons. The van der Waals surface area contributed by atoms with Crippen LogP contribution in [0.3, 0.4) is 0 Å². The molecule has 80 valence electrons. The van der Waals surface area contributed by atoms with Crippen LogP contribution in [0.5, 0.6) is 5.75 Å². The molecule has 3 nitrogen and oxygen atoms in total. The number of thiazole rings is 1. The third-order valence-corrected chi connectivity index (χ3v) is 3.51. The molecule has 1 heterocycles. The topological polar surface area (TPSA) is 34.1 Å². The average Bonchev–Trinajstić information content (AvgIpc) is 2.67. The fraction of sp³-hybridized carbons (Fsp3) is 0.300. The maximum absolute atomic E-state index is 6.09. The molecule has 0 bridgehead atoms. The summed E-state index contributed by atoms with van der Waals surface area (Å²) in [7, 11) is 1.84. The summed E-state index contributed by atoms with van der Waals surface area (Å²) < 4.78 is 6.45. The number of fused-ring (bicyclic) bond motifs is 1. The molecule has 0 aliphatic heterocycles. The van der Waals surface area contributed by atoms with E-state index in [-0.39, 0.29) is 0 Å². The molecule has 0 aliphatic rings. The second kappa shape index (κ2) is 4.24. The van der Waals surface area contributed by atoms with Gasteiger partial charge in [0.2, 0.25) is 0 Å². The molecular formula is C10H11ClN2OS. The van der Waals surface area contributed by atoms with Crippen LogP contribution in [-0.4, -0.2) is 18.6 Å². The second-order valence-corrected chi connectivity index (χ2v) is 4.33. The zero-order chi connectivity index (χ0) is 10.8. The van der Waals surface area contributed by atoms with E-state index in [2.05, 4.69) is 10.3 Å². The number of benzene rings is 1. The molecule has 0 saturated heterocycles. The van der Waals surface area contributed by atoms with Crippen LogP contribution in [0, 0.1) is 0 Å². The number of nitrogens with one attached hydrogen (secondary N) is 1. The van der Waals surface area contributed by atoms with E-state index in [1.807, 2.05) is 26.1 Å². The summed E-state index contributed by atoms with van der Waals surface area (Å²) in [5, 5.41) is 4.57. The van der Waals surface area contributed by atoms with Gasteiger partial charge in [-0.3, -0.25) is 0 Å². The van der Waals surface area contributed by atoms with Crippen molar-refractivity contribution in [1.29, 1.82) is 0 Å². The van der Waals surface area contributed by atoms with Crippen LogP contribution in [0.2, 0.25) is 5.02 Å². The Hall–Kier alpha value is -1.00. The quantitative estimate of drug-likeness (QED) is 0.896. The Morgan fingerprint density at radius 3 is 3.00 bits per heavy atom. The molecule has 2 aromatic rings. The Morgan fingerprint density at radius 2 is 2.33 bits per heavy atom. The normalized spacial score (nSPS) is 10.6. The van der Waals surface area contributed by atoms with Gasteiger partial charge in [0.25, 0.3) is 0 Å². The summed E-state index contributed by atoms with van der Waals surface area (Å²) in [6, 6.07) is 3.69. The largest absolute Gasteiger partial charge is 0.492 e. The van der Waals surface area contributed by atoms with Gasteiger partial charge in [-0.05, 0) is 19.1 Å². The fourth-order valence-corrected chi connectivity index (χ4v) is 2.44. The van der Waals surface area contributed by atoms with Crippen molar-refractivity contribution in [3.05, 3.63) is 17.2 Å². The van der Waals surface area contributed by atoms with Crippen molar-refractivity contribution < 1.29 is 4.74 Å². The zero-order valence-electron chi connectivity index (χ0n) is 8.50. The predicted octanol–water partition coefficient (Wildman–Crippen LogP) is 3.39. The van der Waals surface area contributed by atoms with E-state index in [9.17, 15) is 0 Å². The molecule has 15 heavy (non-hydrogen) atoms. The molecule has 5 heteroatoms. The van der Waals surface area contributed by atoms with Crippen molar-refractivity contribution >= 4 is 38.3 Å². The Kier molecular flexibility index (Phi) is 2.98. The van der Waals surface area contributed by atoms with Gasteiger partial charge in [-0.1, -0.05) is 22.9 Å². The molecule has 0 fully saturated rings.